The molecule has 0 aromatic rings. The molecule has 21 heavy (non-hydrogen) atoms. The molecule has 4 heteroatoms. The highest BCUT2D eigenvalue weighted by Gasteiger charge is 2.34. The standard InChI is InChI=1S/C17H30O4/c1-12(2)10-20-16(18)9-15(14-7-5-6-8-14)17(19)21-11-13(3)4/h12-15H,5-11H2,1-4H3. The number of hydrogen-bond donors (Lipinski definition) is 0. The molecule has 0 amide bonds. The van der Waals surface area contributed by atoms with Gasteiger partial charge in [0.1, 0.15) is 0 Å². The van der Waals surface area contributed by atoms with Crippen LogP contribution in [0.15, 0.2) is 0 Å². The van der Waals surface area contributed by atoms with E-state index in [9.17, 15) is 9.59 Å². The van der Waals surface area contributed by atoms with Gasteiger partial charge in [0.05, 0.1) is 25.6 Å². The minimum Gasteiger partial charge on any atom is -0.465 e. The van der Waals surface area contributed by atoms with Crippen molar-refractivity contribution in [3.8, 4) is 0 Å². The first kappa shape index (κ1) is 18.0. The molecule has 1 aliphatic carbocycles. The topological polar surface area (TPSA) is 52.6 Å². The van der Waals surface area contributed by atoms with Crippen LogP contribution in [0.25, 0.3) is 0 Å². The Morgan fingerprint density at radius 2 is 1.48 bits per heavy atom. The molecule has 1 aliphatic rings. The molecule has 0 aromatic carbocycles. The van der Waals surface area contributed by atoms with E-state index in [0.29, 0.717) is 25.0 Å². The molecule has 0 N–H and O–H groups in total. The smallest absolute Gasteiger partial charge is 0.309 e. The zero-order valence-corrected chi connectivity index (χ0v) is 13.9. The Morgan fingerprint density at radius 1 is 0.952 bits per heavy atom. The van der Waals surface area contributed by atoms with Gasteiger partial charge in [-0.1, -0.05) is 40.5 Å². The van der Waals surface area contributed by atoms with Gasteiger partial charge in [-0.2, -0.15) is 0 Å². The van der Waals surface area contributed by atoms with E-state index in [-0.39, 0.29) is 30.2 Å². The van der Waals surface area contributed by atoms with Gasteiger partial charge in [0.2, 0.25) is 0 Å². The van der Waals surface area contributed by atoms with Gasteiger partial charge >= 0.3 is 11.9 Å². The maximum absolute atomic E-state index is 12.3. The Bertz CT molecular complexity index is 330. The van der Waals surface area contributed by atoms with Crippen molar-refractivity contribution in [2.45, 2.75) is 59.8 Å². The van der Waals surface area contributed by atoms with E-state index in [1.54, 1.807) is 0 Å². The van der Waals surface area contributed by atoms with E-state index in [1.165, 1.54) is 0 Å². The third kappa shape index (κ3) is 6.96. The van der Waals surface area contributed by atoms with Crippen molar-refractivity contribution in [1.82, 2.24) is 0 Å². The predicted molar refractivity (Wildman–Crippen MR) is 81.7 cm³/mol. The quantitative estimate of drug-likeness (QED) is 0.643. The minimum atomic E-state index is -0.328. The lowest BCUT2D eigenvalue weighted by atomic mass is 9.88. The van der Waals surface area contributed by atoms with Crippen LogP contribution >= 0.6 is 0 Å². The summed E-state index contributed by atoms with van der Waals surface area (Å²) in [5, 5.41) is 0. The maximum Gasteiger partial charge on any atom is 0.309 e. The maximum atomic E-state index is 12.3. The molecule has 1 rings (SSSR count). The van der Waals surface area contributed by atoms with Crippen LogP contribution in [0, 0.1) is 23.7 Å². The Labute approximate surface area is 128 Å². The number of rotatable bonds is 8. The molecule has 1 fully saturated rings. The van der Waals surface area contributed by atoms with Crippen LogP contribution < -0.4 is 0 Å². The van der Waals surface area contributed by atoms with E-state index in [2.05, 4.69) is 0 Å². The van der Waals surface area contributed by atoms with Gasteiger partial charge in [-0.25, -0.2) is 0 Å². The van der Waals surface area contributed by atoms with Gasteiger partial charge in [0.25, 0.3) is 0 Å². The van der Waals surface area contributed by atoms with Crippen molar-refractivity contribution in [1.29, 1.82) is 0 Å². The van der Waals surface area contributed by atoms with E-state index in [1.807, 2.05) is 27.7 Å². The summed E-state index contributed by atoms with van der Waals surface area (Å²) in [6, 6.07) is 0. The molecule has 122 valence electrons. The first-order valence-electron chi connectivity index (χ1n) is 8.22. The molecule has 1 unspecified atom stereocenters. The van der Waals surface area contributed by atoms with Gasteiger partial charge < -0.3 is 9.47 Å². The van der Waals surface area contributed by atoms with Crippen molar-refractivity contribution < 1.29 is 19.1 Å². The average Bonchev–Trinajstić information content (AvgIpc) is 2.93. The summed E-state index contributed by atoms with van der Waals surface area (Å²) in [5.74, 6) is 0.0687. The molecular formula is C17H30O4. The highest BCUT2D eigenvalue weighted by molar-refractivity contribution is 5.80. The SMILES string of the molecule is CC(C)COC(=O)CC(C(=O)OCC(C)C)C1CCCC1. The van der Waals surface area contributed by atoms with Crippen LogP contribution in [-0.4, -0.2) is 25.2 Å². The van der Waals surface area contributed by atoms with E-state index in [0.717, 1.165) is 25.7 Å². The van der Waals surface area contributed by atoms with Gasteiger partial charge in [-0.15, -0.1) is 0 Å². The first-order valence-corrected chi connectivity index (χ1v) is 8.22. The molecule has 0 radical (unpaired) electrons. The van der Waals surface area contributed by atoms with Gasteiger partial charge in [0.15, 0.2) is 0 Å². The lowest BCUT2D eigenvalue weighted by molar-refractivity contribution is -0.158. The summed E-state index contributed by atoms with van der Waals surface area (Å²) >= 11 is 0. The first-order chi connectivity index (χ1) is 9.90. The predicted octanol–water partition coefficient (Wildman–Crippen LogP) is 3.58. The van der Waals surface area contributed by atoms with Crippen LogP contribution in [0.2, 0.25) is 0 Å². The lowest BCUT2D eigenvalue weighted by Gasteiger charge is -2.22. The largest absolute Gasteiger partial charge is 0.465 e. The lowest BCUT2D eigenvalue weighted by Crippen LogP contribution is -2.29. The van der Waals surface area contributed by atoms with Crippen molar-refractivity contribution >= 4 is 11.9 Å². The van der Waals surface area contributed by atoms with E-state index in [4.69, 9.17) is 9.47 Å². The molecule has 0 aliphatic heterocycles. The third-order valence-electron chi connectivity index (χ3n) is 3.79. The average molecular weight is 298 g/mol. The van der Waals surface area contributed by atoms with E-state index < -0.39 is 0 Å². The summed E-state index contributed by atoms with van der Waals surface area (Å²) in [7, 11) is 0. The highest BCUT2D eigenvalue weighted by Crippen LogP contribution is 2.34. The summed E-state index contributed by atoms with van der Waals surface area (Å²) in [6.07, 6.45) is 4.46. The van der Waals surface area contributed by atoms with E-state index >= 15 is 0 Å². The van der Waals surface area contributed by atoms with Crippen molar-refractivity contribution in [3.05, 3.63) is 0 Å². The van der Waals surface area contributed by atoms with Crippen LogP contribution in [0.3, 0.4) is 0 Å². The number of ether oxygens (including phenoxy) is 2. The molecule has 0 aromatic heterocycles. The fourth-order valence-corrected chi connectivity index (χ4v) is 2.66. The van der Waals surface area contributed by atoms with Crippen LogP contribution in [0.1, 0.15) is 59.8 Å². The molecule has 4 nitrogen and oxygen atoms in total. The van der Waals surface area contributed by atoms with Gasteiger partial charge in [-0.3, -0.25) is 9.59 Å². The summed E-state index contributed by atoms with van der Waals surface area (Å²) in [5.41, 5.74) is 0. The third-order valence-corrected chi connectivity index (χ3v) is 3.79. The Kier molecular flexibility index (Phi) is 7.76. The molecule has 0 heterocycles. The monoisotopic (exact) mass is 298 g/mol. The van der Waals surface area contributed by atoms with Crippen LogP contribution in [-0.2, 0) is 19.1 Å². The Hall–Kier alpha value is -1.06. The zero-order chi connectivity index (χ0) is 15.8. The highest BCUT2D eigenvalue weighted by atomic mass is 16.5. The number of carbonyl (C=O) groups excluding carboxylic acids is 2. The minimum absolute atomic E-state index is 0.161. The van der Waals surface area contributed by atoms with Crippen LogP contribution in [0.4, 0.5) is 0 Å². The normalized spacial score (nSPS) is 17.2. The second kappa shape index (κ2) is 9.06. The second-order valence-corrected chi connectivity index (χ2v) is 6.96. The van der Waals surface area contributed by atoms with Crippen molar-refractivity contribution in [3.63, 3.8) is 0 Å². The number of esters is 2. The summed E-state index contributed by atoms with van der Waals surface area (Å²) < 4.78 is 10.6. The summed E-state index contributed by atoms with van der Waals surface area (Å²) in [4.78, 5) is 24.2. The molecule has 0 bridgehead atoms. The zero-order valence-electron chi connectivity index (χ0n) is 13.9. The second-order valence-electron chi connectivity index (χ2n) is 6.96. The van der Waals surface area contributed by atoms with Crippen molar-refractivity contribution in [2.75, 3.05) is 13.2 Å². The Balaban J connectivity index is 2.55. The molecule has 0 spiro atoms. The fraction of sp³-hybridized carbons (Fsp3) is 0.882. The molecule has 1 saturated carbocycles. The summed E-state index contributed by atoms with van der Waals surface area (Å²) in [6.45, 7) is 8.85. The van der Waals surface area contributed by atoms with Crippen LogP contribution in [0.5, 0.6) is 0 Å². The Morgan fingerprint density at radius 3 is 2.00 bits per heavy atom. The molecule has 0 saturated heterocycles. The fourth-order valence-electron chi connectivity index (χ4n) is 2.66. The molecule has 1 atom stereocenters. The molecular weight excluding hydrogens is 268 g/mol. The van der Waals surface area contributed by atoms with Gasteiger partial charge in [0, 0.05) is 0 Å². The van der Waals surface area contributed by atoms with Gasteiger partial charge in [-0.05, 0) is 30.6 Å². The number of carbonyl (C=O) groups is 2. The number of hydrogen-bond acceptors (Lipinski definition) is 4. The van der Waals surface area contributed by atoms with Crippen molar-refractivity contribution in [2.24, 2.45) is 23.7 Å².